The molecule has 0 spiro atoms. The molecule has 10 heavy (non-hydrogen) atoms. The van der Waals surface area contributed by atoms with E-state index in [0.29, 0.717) is 23.1 Å². The molecule has 60 valence electrons. The van der Waals surface area contributed by atoms with Crippen LogP contribution in [-0.4, -0.2) is 11.3 Å². The molecule has 0 heterocycles. The smallest absolute Gasteiger partial charge is 0.00678 e. The monoisotopic (exact) mass is 159 g/mol. The van der Waals surface area contributed by atoms with Crippen molar-refractivity contribution in [1.82, 2.24) is 0 Å². The molecule has 2 N–H and O–H groups in total. The summed E-state index contributed by atoms with van der Waals surface area (Å²) in [6, 6.07) is 0.415. The maximum absolute atomic E-state index is 5.90. The molecular weight excluding hydrogens is 142 g/mol. The summed E-state index contributed by atoms with van der Waals surface area (Å²) in [5.41, 5.74) is 5.90. The van der Waals surface area contributed by atoms with Gasteiger partial charge in [0.05, 0.1) is 0 Å². The summed E-state index contributed by atoms with van der Waals surface area (Å²) in [4.78, 5) is 0. The lowest BCUT2D eigenvalue weighted by molar-refractivity contribution is 0.249. The minimum atomic E-state index is 0.415. The molecule has 0 aromatic carbocycles. The molecule has 0 radical (unpaired) electrons. The van der Waals surface area contributed by atoms with Gasteiger partial charge in [-0.2, -0.15) is 12.6 Å². The van der Waals surface area contributed by atoms with Gasteiger partial charge in [-0.25, -0.2) is 0 Å². The highest BCUT2D eigenvalue weighted by atomic mass is 32.1. The van der Waals surface area contributed by atoms with Gasteiger partial charge in [0, 0.05) is 11.3 Å². The number of thiol groups is 1. The molecule has 0 aromatic heterocycles. The van der Waals surface area contributed by atoms with E-state index in [2.05, 4.69) is 26.5 Å². The van der Waals surface area contributed by atoms with E-state index in [-0.39, 0.29) is 0 Å². The zero-order valence-electron chi connectivity index (χ0n) is 6.75. The molecule has 0 aliphatic heterocycles. The van der Waals surface area contributed by atoms with Gasteiger partial charge < -0.3 is 5.73 Å². The van der Waals surface area contributed by atoms with Crippen LogP contribution in [0.4, 0.5) is 0 Å². The van der Waals surface area contributed by atoms with Crippen LogP contribution in [0.25, 0.3) is 0 Å². The van der Waals surface area contributed by atoms with Crippen molar-refractivity contribution in [1.29, 1.82) is 0 Å². The summed E-state index contributed by atoms with van der Waals surface area (Å²) in [6.45, 7) is 4.49. The third-order valence-electron chi connectivity index (χ3n) is 2.91. The molecule has 1 nitrogen and oxygen atoms in total. The Balaban J connectivity index is 2.52. The van der Waals surface area contributed by atoms with Gasteiger partial charge in [0.15, 0.2) is 0 Å². The standard InChI is InChI=1S/C8H17NS/c1-5-6(2)8(10)4-3-7(5)9/h5-8,10H,3-4,9H2,1-2H3. The molecule has 4 unspecified atom stereocenters. The van der Waals surface area contributed by atoms with Gasteiger partial charge in [-0.1, -0.05) is 13.8 Å². The average Bonchev–Trinajstić information content (AvgIpc) is 1.93. The fourth-order valence-corrected chi connectivity index (χ4v) is 2.05. The number of nitrogens with two attached hydrogens (primary N) is 1. The summed E-state index contributed by atoms with van der Waals surface area (Å²) in [6.07, 6.45) is 2.34. The summed E-state index contributed by atoms with van der Waals surface area (Å²) in [5.74, 6) is 1.34. The summed E-state index contributed by atoms with van der Waals surface area (Å²) >= 11 is 4.50. The molecule has 0 saturated heterocycles. The van der Waals surface area contributed by atoms with Crippen LogP contribution in [0.1, 0.15) is 26.7 Å². The van der Waals surface area contributed by atoms with Crippen LogP contribution >= 0.6 is 12.6 Å². The molecule has 0 bridgehead atoms. The second-order valence-electron chi connectivity index (χ2n) is 3.53. The van der Waals surface area contributed by atoms with Gasteiger partial charge in [-0.15, -0.1) is 0 Å². The van der Waals surface area contributed by atoms with Crippen molar-refractivity contribution in [2.75, 3.05) is 0 Å². The first-order valence-electron chi connectivity index (χ1n) is 4.06. The predicted octanol–water partition coefficient (Wildman–Crippen LogP) is 1.68. The van der Waals surface area contributed by atoms with Crippen LogP contribution < -0.4 is 5.73 Å². The van der Waals surface area contributed by atoms with Crippen LogP contribution in [0, 0.1) is 11.8 Å². The second kappa shape index (κ2) is 3.14. The van der Waals surface area contributed by atoms with E-state index in [4.69, 9.17) is 5.73 Å². The Kier molecular flexibility index (Phi) is 2.64. The van der Waals surface area contributed by atoms with Crippen LogP contribution in [0.5, 0.6) is 0 Å². The Hall–Kier alpha value is 0.310. The van der Waals surface area contributed by atoms with E-state index in [0.717, 1.165) is 6.42 Å². The SMILES string of the molecule is CC1C(N)CCC(S)C1C. The van der Waals surface area contributed by atoms with Crippen molar-refractivity contribution in [3.8, 4) is 0 Å². The summed E-state index contributed by atoms with van der Waals surface area (Å²) < 4.78 is 0. The zero-order valence-corrected chi connectivity index (χ0v) is 7.64. The van der Waals surface area contributed by atoms with Crippen LogP contribution in [0.2, 0.25) is 0 Å². The molecular formula is C8H17NS. The van der Waals surface area contributed by atoms with Gasteiger partial charge in [-0.3, -0.25) is 0 Å². The van der Waals surface area contributed by atoms with Crippen molar-refractivity contribution in [2.24, 2.45) is 17.6 Å². The minimum absolute atomic E-state index is 0.415. The van der Waals surface area contributed by atoms with Gasteiger partial charge in [-0.05, 0) is 24.7 Å². The maximum Gasteiger partial charge on any atom is 0.00678 e. The van der Waals surface area contributed by atoms with Gasteiger partial charge in [0.2, 0.25) is 0 Å². The van der Waals surface area contributed by atoms with Crippen molar-refractivity contribution < 1.29 is 0 Å². The highest BCUT2D eigenvalue weighted by Gasteiger charge is 2.29. The molecule has 0 amide bonds. The topological polar surface area (TPSA) is 26.0 Å². The third kappa shape index (κ3) is 1.48. The first kappa shape index (κ1) is 8.41. The highest BCUT2D eigenvalue weighted by molar-refractivity contribution is 7.81. The quantitative estimate of drug-likeness (QED) is 0.517. The van der Waals surface area contributed by atoms with Crippen molar-refractivity contribution in [2.45, 2.75) is 38.0 Å². The Morgan fingerprint density at radius 1 is 1.20 bits per heavy atom. The fourth-order valence-electron chi connectivity index (χ4n) is 1.63. The van der Waals surface area contributed by atoms with E-state index in [1.807, 2.05) is 0 Å². The number of hydrogen-bond donors (Lipinski definition) is 2. The fraction of sp³-hybridized carbons (Fsp3) is 1.00. The Morgan fingerprint density at radius 3 is 2.30 bits per heavy atom. The van der Waals surface area contributed by atoms with Crippen molar-refractivity contribution in [3.63, 3.8) is 0 Å². The lowest BCUT2D eigenvalue weighted by Crippen LogP contribution is -2.40. The van der Waals surface area contributed by atoms with Crippen molar-refractivity contribution in [3.05, 3.63) is 0 Å². The molecule has 4 atom stereocenters. The highest BCUT2D eigenvalue weighted by Crippen LogP contribution is 2.31. The Bertz CT molecular complexity index is 102. The Morgan fingerprint density at radius 2 is 1.80 bits per heavy atom. The van der Waals surface area contributed by atoms with E-state index in [1.165, 1.54) is 6.42 Å². The number of hydrogen-bond acceptors (Lipinski definition) is 2. The first-order valence-corrected chi connectivity index (χ1v) is 4.58. The van der Waals surface area contributed by atoms with Gasteiger partial charge in [0.25, 0.3) is 0 Å². The lowest BCUT2D eigenvalue weighted by Gasteiger charge is -2.35. The van der Waals surface area contributed by atoms with Crippen LogP contribution in [-0.2, 0) is 0 Å². The molecule has 1 aliphatic rings. The average molecular weight is 159 g/mol. The summed E-state index contributed by atoms with van der Waals surface area (Å²) in [7, 11) is 0. The molecule has 0 aromatic rings. The predicted molar refractivity (Wildman–Crippen MR) is 48.3 cm³/mol. The Labute approximate surface area is 68.8 Å². The van der Waals surface area contributed by atoms with E-state index in [1.54, 1.807) is 0 Å². The lowest BCUT2D eigenvalue weighted by atomic mass is 9.78. The van der Waals surface area contributed by atoms with Gasteiger partial charge in [0.1, 0.15) is 0 Å². The molecule has 1 saturated carbocycles. The second-order valence-corrected chi connectivity index (χ2v) is 4.19. The van der Waals surface area contributed by atoms with E-state index >= 15 is 0 Å². The van der Waals surface area contributed by atoms with Gasteiger partial charge >= 0.3 is 0 Å². The molecule has 1 aliphatic carbocycles. The number of rotatable bonds is 0. The summed E-state index contributed by atoms with van der Waals surface area (Å²) in [5, 5.41) is 0.579. The molecule has 2 heteroatoms. The minimum Gasteiger partial charge on any atom is -0.327 e. The third-order valence-corrected chi connectivity index (χ3v) is 3.64. The van der Waals surface area contributed by atoms with Crippen LogP contribution in [0.3, 0.4) is 0 Å². The molecule has 1 rings (SSSR count). The van der Waals surface area contributed by atoms with E-state index < -0.39 is 0 Å². The normalized spacial score (nSPS) is 49.2. The first-order chi connectivity index (χ1) is 4.63. The largest absolute Gasteiger partial charge is 0.327 e. The maximum atomic E-state index is 5.90. The van der Waals surface area contributed by atoms with Crippen LogP contribution in [0.15, 0.2) is 0 Å². The van der Waals surface area contributed by atoms with E-state index in [9.17, 15) is 0 Å². The van der Waals surface area contributed by atoms with Crippen molar-refractivity contribution >= 4 is 12.6 Å². The molecule has 1 fully saturated rings. The zero-order chi connectivity index (χ0) is 7.72.